The number of hydrogen-bond donors (Lipinski definition) is 2. The minimum atomic E-state index is 0.580. The maximum atomic E-state index is 3.67. The first-order valence-corrected chi connectivity index (χ1v) is 2.78. The van der Waals surface area contributed by atoms with Crippen LogP contribution in [0.1, 0.15) is 5.82 Å². The van der Waals surface area contributed by atoms with Gasteiger partial charge < -0.3 is 0 Å². The molecule has 0 aromatic carbocycles. The van der Waals surface area contributed by atoms with Crippen LogP contribution < -0.4 is 4.34 Å². The Morgan fingerprint density at radius 3 is 3.12 bits per heavy atom. The highest BCUT2D eigenvalue weighted by molar-refractivity contribution is 9.08. The van der Waals surface area contributed by atoms with Crippen LogP contribution in [0.2, 0.25) is 0 Å². The monoisotopic (exact) mass is 177 g/mol. The molecule has 0 saturated heterocycles. The fourth-order valence-corrected chi connectivity index (χ4v) is 0.568. The van der Waals surface area contributed by atoms with Crippen molar-refractivity contribution in [1.82, 2.24) is 25.0 Å². The lowest BCUT2D eigenvalue weighted by Crippen LogP contribution is -1.99. The lowest BCUT2D eigenvalue weighted by Gasteiger charge is -1.82. The van der Waals surface area contributed by atoms with Crippen LogP contribution in [0, 0.1) is 0 Å². The molecule has 1 aromatic heterocycles. The van der Waals surface area contributed by atoms with E-state index in [1.807, 2.05) is 0 Å². The first kappa shape index (κ1) is 5.64. The van der Waals surface area contributed by atoms with Gasteiger partial charge in [-0.25, -0.2) is 4.34 Å². The molecule has 0 amide bonds. The second-order valence-electron chi connectivity index (χ2n) is 1.14. The number of nitrogens with one attached hydrogen (secondary N) is 2. The van der Waals surface area contributed by atoms with Crippen LogP contribution >= 0.6 is 16.1 Å². The van der Waals surface area contributed by atoms with E-state index in [4.69, 9.17) is 0 Å². The molecule has 0 aliphatic carbocycles. The molecule has 0 bridgehead atoms. The summed E-state index contributed by atoms with van der Waals surface area (Å²) in [5.41, 5.74) is 0. The van der Waals surface area contributed by atoms with Gasteiger partial charge in [0.2, 0.25) is 0 Å². The van der Waals surface area contributed by atoms with E-state index < -0.39 is 0 Å². The van der Waals surface area contributed by atoms with Gasteiger partial charge in [0.15, 0.2) is 5.82 Å². The minimum Gasteiger partial charge on any atom is -0.248 e. The first-order valence-electron chi connectivity index (χ1n) is 1.99. The number of aromatic amines is 1. The van der Waals surface area contributed by atoms with Crippen molar-refractivity contribution in [2.24, 2.45) is 0 Å². The number of rotatable bonds is 2. The lowest BCUT2D eigenvalue weighted by molar-refractivity contribution is 0.877. The average Bonchev–Trinajstić information content (AvgIpc) is 2.19. The van der Waals surface area contributed by atoms with Gasteiger partial charge in [0.05, 0.1) is 6.54 Å². The summed E-state index contributed by atoms with van der Waals surface area (Å²) >= 11 is 3.00. The van der Waals surface area contributed by atoms with Crippen molar-refractivity contribution in [2.45, 2.75) is 6.54 Å². The Morgan fingerprint density at radius 1 is 1.75 bits per heavy atom. The highest BCUT2D eigenvalue weighted by atomic mass is 79.9. The highest BCUT2D eigenvalue weighted by Gasteiger charge is 1.91. The highest BCUT2D eigenvalue weighted by Crippen LogP contribution is 1.81. The molecule has 0 aliphatic heterocycles. The smallest absolute Gasteiger partial charge is 0.189 e. The molecule has 44 valence electrons. The summed E-state index contributed by atoms with van der Waals surface area (Å²) in [4.78, 5) is 0. The molecule has 0 spiro atoms. The second kappa shape index (κ2) is 2.73. The van der Waals surface area contributed by atoms with Gasteiger partial charge in [0.25, 0.3) is 0 Å². The van der Waals surface area contributed by atoms with E-state index in [1.165, 1.54) is 0 Å². The Bertz CT molecular complexity index is 136. The molecule has 8 heavy (non-hydrogen) atoms. The molecule has 0 aliphatic rings. The zero-order valence-corrected chi connectivity index (χ0v) is 5.51. The molecule has 0 unspecified atom stereocenters. The van der Waals surface area contributed by atoms with Crippen molar-refractivity contribution in [3.63, 3.8) is 0 Å². The van der Waals surface area contributed by atoms with E-state index in [9.17, 15) is 0 Å². The van der Waals surface area contributed by atoms with Gasteiger partial charge in [-0.05, 0) is 0 Å². The maximum absolute atomic E-state index is 3.67. The predicted molar refractivity (Wildman–Crippen MR) is 29.9 cm³/mol. The zero-order chi connectivity index (χ0) is 5.82. The largest absolute Gasteiger partial charge is 0.248 e. The van der Waals surface area contributed by atoms with Crippen molar-refractivity contribution in [1.29, 1.82) is 0 Å². The van der Waals surface area contributed by atoms with Crippen LogP contribution in [-0.4, -0.2) is 20.6 Å². The van der Waals surface area contributed by atoms with Crippen LogP contribution in [0.4, 0.5) is 0 Å². The average molecular weight is 178 g/mol. The van der Waals surface area contributed by atoms with Gasteiger partial charge in [0, 0.05) is 16.1 Å². The number of nitrogens with zero attached hydrogens (tertiary/aromatic N) is 3. The summed E-state index contributed by atoms with van der Waals surface area (Å²) in [5.74, 6) is 0.641. The quantitative estimate of drug-likeness (QED) is 0.604. The Kier molecular flexibility index (Phi) is 1.93. The van der Waals surface area contributed by atoms with E-state index in [1.54, 1.807) is 0 Å². The van der Waals surface area contributed by atoms with Gasteiger partial charge in [-0.15, -0.1) is 10.2 Å². The topological polar surface area (TPSA) is 66.5 Å². The SMILES string of the molecule is BrNCc1nn[nH]n1. The number of halogens is 1. The molecule has 0 atom stereocenters. The minimum absolute atomic E-state index is 0.580. The van der Waals surface area contributed by atoms with E-state index >= 15 is 0 Å². The molecule has 2 N–H and O–H groups in total. The first-order chi connectivity index (χ1) is 3.93. The van der Waals surface area contributed by atoms with Crippen LogP contribution in [0.3, 0.4) is 0 Å². The zero-order valence-electron chi connectivity index (χ0n) is 3.93. The van der Waals surface area contributed by atoms with Crippen molar-refractivity contribution >= 4 is 16.1 Å². The van der Waals surface area contributed by atoms with Gasteiger partial charge in [0.1, 0.15) is 0 Å². The van der Waals surface area contributed by atoms with E-state index in [-0.39, 0.29) is 0 Å². The van der Waals surface area contributed by atoms with Gasteiger partial charge in [-0.2, -0.15) is 5.21 Å². The molecule has 0 radical (unpaired) electrons. The Labute approximate surface area is 54.2 Å². The fourth-order valence-electron chi connectivity index (χ4n) is 0.317. The molecule has 1 aromatic rings. The normalized spacial score (nSPS) is 9.62. The number of aromatic nitrogens is 4. The van der Waals surface area contributed by atoms with Crippen LogP contribution in [0.15, 0.2) is 0 Å². The lowest BCUT2D eigenvalue weighted by atomic mass is 10.7. The van der Waals surface area contributed by atoms with Crippen LogP contribution in [0.25, 0.3) is 0 Å². The summed E-state index contributed by atoms with van der Waals surface area (Å²) in [6.45, 7) is 0.580. The van der Waals surface area contributed by atoms with Crippen LogP contribution in [-0.2, 0) is 6.54 Å². The molecule has 6 heteroatoms. The molecule has 0 saturated carbocycles. The third-order valence-corrected chi connectivity index (χ3v) is 0.895. The second-order valence-corrected chi connectivity index (χ2v) is 1.70. The molecule has 0 fully saturated rings. The molecule has 1 heterocycles. The number of hydrogen-bond acceptors (Lipinski definition) is 4. The van der Waals surface area contributed by atoms with Crippen molar-refractivity contribution < 1.29 is 0 Å². The Hall–Kier alpha value is -0.490. The maximum Gasteiger partial charge on any atom is 0.189 e. The van der Waals surface area contributed by atoms with Crippen LogP contribution in [0.5, 0.6) is 0 Å². The molecular formula is C2H4BrN5. The van der Waals surface area contributed by atoms with E-state index in [2.05, 4.69) is 41.1 Å². The molecular weight excluding hydrogens is 174 g/mol. The Balaban J connectivity index is 2.50. The molecule has 5 nitrogen and oxygen atoms in total. The molecule has 1 rings (SSSR count). The number of H-pyrrole nitrogens is 1. The summed E-state index contributed by atoms with van der Waals surface area (Å²) in [7, 11) is 0. The summed E-state index contributed by atoms with van der Waals surface area (Å²) in [6, 6.07) is 0. The van der Waals surface area contributed by atoms with Gasteiger partial charge >= 0.3 is 0 Å². The fraction of sp³-hybridized carbons (Fsp3) is 0.500. The Morgan fingerprint density at radius 2 is 2.62 bits per heavy atom. The van der Waals surface area contributed by atoms with Crippen molar-refractivity contribution in [3.8, 4) is 0 Å². The predicted octanol–water partition coefficient (Wildman–Crippen LogP) is -0.401. The number of tetrazole rings is 1. The van der Waals surface area contributed by atoms with E-state index in [0.29, 0.717) is 12.4 Å². The van der Waals surface area contributed by atoms with E-state index in [0.717, 1.165) is 0 Å². The van der Waals surface area contributed by atoms with Gasteiger partial charge in [-0.1, -0.05) is 5.21 Å². The third-order valence-electron chi connectivity index (χ3n) is 0.614. The van der Waals surface area contributed by atoms with Gasteiger partial charge in [-0.3, -0.25) is 0 Å². The summed E-state index contributed by atoms with van der Waals surface area (Å²) < 4.78 is 2.70. The third kappa shape index (κ3) is 1.24. The standard InChI is InChI=1S/C2H4BrN5/c3-4-1-2-5-7-8-6-2/h4H,1H2,(H,5,6,7,8). The van der Waals surface area contributed by atoms with Crippen molar-refractivity contribution in [2.75, 3.05) is 0 Å². The summed E-state index contributed by atoms with van der Waals surface area (Å²) in [6.07, 6.45) is 0. The van der Waals surface area contributed by atoms with Crippen molar-refractivity contribution in [3.05, 3.63) is 5.82 Å². The summed E-state index contributed by atoms with van der Waals surface area (Å²) in [5, 5.41) is 13.0.